The van der Waals surface area contributed by atoms with Crippen LogP contribution in [0.5, 0.6) is 5.75 Å². The number of aryl methyl sites for hydroxylation is 1. The van der Waals surface area contributed by atoms with E-state index in [0.29, 0.717) is 11.1 Å². The zero-order valence-corrected chi connectivity index (χ0v) is 8.64. The van der Waals surface area contributed by atoms with Gasteiger partial charge in [-0.05, 0) is 24.6 Å². The van der Waals surface area contributed by atoms with Crippen LogP contribution < -0.4 is 5.73 Å². The highest BCUT2D eigenvalue weighted by Crippen LogP contribution is 2.27. The molecule has 0 aliphatic rings. The molecule has 0 spiro atoms. The second-order valence-corrected chi connectivity index (χ2v) is 2.92. The summed E-state index contributed by atoms with van der Waals surface area (Å²) < 4.78 is 12.9. The SMILES string of the molecule is C=C[C@H](N)c1cc(F)cc(C)c1O.Cl. The van der Waals surface area contributed by atoms with E-state index >= 15 is 0 Å². The Bertz CT molecular complexity index is 341. The highest BCUT2D eigenvalue weighted by Gasteiger charge is 2.11. The van der Waals surface area contributed by atoms with Crippen LogP contribution in [0.4, 0.5) is 4.39 Å². The van der Waals surface area contributed by atoms with Crippen molar-refractivity contribution in [3.8, 4) is 5.75 Å². The first kappa shape index (κ1) is 12.9. The predicted molar refractivity (Wildman–Crippen MR) is 57.2 cm³/mol. The normalized spacial score (nSPS) is 11.6. The Balaban J connectivity index is 0.00000169. The number of phenols is 1. The minimum absolute atomic E-state index is 0. The van der Waals surface area contributed by atoms with E-state index in [1.54, 1.807) is 6.92 Å². The van der Waals surface area contributed by atoms with Gasteiger partial charge in [-0.25, -0.2) is 4.39 Å². The quantitative estimate of drug-likeness (QED) is 0.748. The van der Waals surface area contributed by atoms with Crippen LogP contribution in [-0.2, 0) is 0 Å². The van der Waals surface area contributed by atoms with E-state index in [0.717, 1.165) is 0 Å². The van der Waals surface area contributed by atoms with E-state index in [-0.39, 0.29) is 18.2 Å². The fourth-order valence-corrected chi connectivity index (χ4v) is 1.14. The molecule has 0 radical (unpaired) electrons. The van der Waals surface area contributed by atoms with Gasteiger partial charge in [0.1, 0.15) is 11.6 Å². The van der Waals surface area contributed by atoms with Gasteiger partial charge in [0.25, 0.3) is 0 Å². The van der Waals surface area contributed by atoms with Crippen molar-refractivity contribution in [2.24, 2.45) is 5.73 Å². The molecule has 0 aliphatic carbocycles. The molecule has 1 rings (SSSR count). The summed E-state index contributed by atoms with van der Waals surface area (Å²) >= 11 is 0. The van der Waals surface area contributed by atoms with Crippen LogP contribution >= 0.6 is 12.4 Å². The minimum Gasteiger partial charge on any atom is -0.507 e. The average Bonchev–Trinajstić information content (AvgIpc) is 2.10. The number of hydrogen-bond donors (Lipinski definition) is 2. The van der Waals surface area contributed by atoms with Crippen molar-refractivity contribution in [2.75, 3.05) is 0 Å². The molecule has 14 heavy (non-hydrogen) atoms. The molecular weight excluding hydrogens is 205 g/mol. The number of hydrogen-bond acceptors (Lipinski definition) is 2. The molecule has 0 saturated carbocycles. The van der Waals surface area contributed by atoms with Crippen LogP contribution in [0, 0.1) is 12.7 Å². The summed E-state index contributed by atoms with van der Waals surface area (Å²) in [5.41, 5.74) is 6.44. The van der Waals surface area contributed by atoms with Gasteiger partial charge in [0, 0.05) is 5.56 Å². The summed E-state index contributed by atoms with van der Waals surface area (Å²) in [5.74, 6) is -0.364. The Labute approximate surface area is 88.7 Å². The Hall–Kier alpha value is -1.06. The molecule has 0 saturated heterocycles. The maximum atomic E-state index is 12.9. The highest BCUT2D eigenvalue weighted by atomic mass is 35.5. The first-order valence-electron chi connectivity index (χ1n) is 3.93. The minimum atomic E-state index is -0.533. The molecule has 1 aromatic carbocycles. The molecule has 4 heteroatoms. The van der Waals surface area contributed by atoms with Crippen LogP contribution in [0.25, 0.3) is 0 Å². The van der Waals surface area contributed by atoms with Crippen LogP contribution in [0.2, 0.25) is 0 Å². The third-order valence-corrected chi connectivity index (χ3v) is 1.91. The van der Waals surface area contributed by atoms with Gasteiger partial charge in [0.15, 0.2) is 0 Å². The van der Waals surface area contributed by atoms with Gasteiger partial charge in [-0.3, -0.25) is 0 Å². The molecule has 0 bridgehead atoms. The van der Waals surface area contributed by atoms with Crippen LogP contribution in [0.1, 0.15) is 17.2 Å². The smallest absolute Gasteiger partial charge is 0.124 e. The van der Waals surface area contributed by atoms with Crippen molar-refractivity contribution in [3.05, 3.63) is 41.7 Å². The Morgan fingerprint density at radius 3 is 2.64 bits per heavy atom. The Morgan fingerprint density at radius 2 is 2.14 bits per heavy atom. The summed E-state index contributed by atoms with van der Waals surface area (Å²) in [4.78, 5) is 0. The third kappa shape index (κ3) is 2.47. The molecule has 0 amide bonds. The summed E-state index contributed by atoms with van der Waals surface area (Å²) in [7, 11) is 0. The van der Waals surface area contributed by atoms with Gasteiger partial charge >= 0.3 is 0 Å². The van der Waals surface area contributed by atoms with Crippen molar-refractivity contribution >= 4 is 12.4 Å². The number of aromatic hydroxyl groups is 1. The fraction of sp³-hybridized carbons (Fsp3) is 0.200. The lowest BCUT2D eigenvalue weighted by Gasteiger charge is -2.11. The maximum absolute atomic E-state index is 12.9. The van der Waals surface area contributed by atoms with E-state index in [4.69, 9.17) is 5.73 Å². The summed E-state index contributed by atoms with van der Waals surface area (Å²) in [6.45, 7) is 5.10. The van der Waals surface area contributed by atoms with Crippen molar-refractivity contribution in [3.63, 3.8) is 0 Å². The van der Waals surface area contributed by atoms with E-state index in [2.05, 4.69) is 6.58 Å². The number of nitrogens with two attached hydrogens (primary N) is 1. The van der Waals surface area contributed by atoms with E-state index in [9.17, 15) is 9.50 Å². The monoisotopic (exact) mass is 217 g/mol. The van der Waals surface area contributed by atoms with Crippen molar-refractivity contribution in [1.82, 2.24) is 0 Å². The van der Waals surface area contributed by atoms with Gasteiger partial charge < -0.3 is 10.8 Å². The molecule has 0 aromatic heterocycles. The first-order chi connectivity index (χ1) is 6.06. The molecule has 0 heterocycles. The van der Waals surface area contributed by atoms with Gasteiger partial charge in [-0.2, -0.15) is 0 Å². The maximum Gasteiger partial charge on any atom is 0.124 e. The lowest BCUT2D eigenvalue weighted by molar-refractivity contribution is 0.458. The lowest BCUT2D eigenvalue weighted by Crippen LogP contribution is -2.07. The van der Waals surface area contributed by atoms with Crippen LogP contribution in [0.3, 0.4) is 0 Å². The molecule has 1 atom stereocenters. The average molecular weight is 218 g/mol. The number of benzene rings is 1. The topological polar surface area (TPSA) is 46.2 Å². The van der Waals surface area contributed by atoms with Gasteiger partial charge in [-0.15, -0.1) is 19.0 Å². The largest absolute Gasteiger partial charge is 0.507 e. The Morgan fingerprint density at radius 1 is 1.57 bits per heavy atom. The van der Waals surface area contributed by atoms with Gasteiger partial charge in [0.05, 0.1) is 6.04 Å². The number of phenolic OH excluding ortho intramolecular Hbond substituents is 1. The van der Waals surface area contributed by atoms with Gasteiger partial charge in [-0.1, -0.05) is 6.08 Å². The molecule has 0 unspecified atom stereocenters. The zero-order chi connectivity index (χ0) is 10.0. The summed E-state index contributed by atoms with van der Waals surface area (Å²) in [5, 5.41) is 9.53. The highest BCUT2D eigenvalue weighted by molar-refractivity contribution is 5.85. The second kappa shape index (κ2) is 4.98. The van der Waals surface area contributed by atoms with E-state index in [1.165, 1.54) is 18.2 Å². The summed E-state index contributed by atoms with van der Waals surface area (Å²) in [6, 6.07) is 1.94. The Kier molecular flexibility index (Phi) is 4.60. The standard InChI is InChI=1S/C10H12FNO.ClH/c1-3-9(12)8-5-7(11)4-6(2)10(8)13;/h3-5,9,13H,1,12H2,2H3;1H/t9-;/m0./s1. The number of halogens is 2. The molecule has 78 valence electrons. The van der Waals surface area contributed by atoms with E-state index < -0.39 is 11.9 Å². The molecule has 3 N–H and O–H groups in total. The molecule has 1 aromatic rings. The summed E-state index contributed by atoms with van der Waals surface area (Å²) in [6.07, 6.45) is 1.45. The molecule has 0 fully saturated rings. The van der Waals surface area contributed by atoms with E-state index in [1.807, 2.05) is 0 Å². The van der Waals surface area contributed by atoms with Gasteiger partial charge in [0.2, 0.25) is 0 Å². The lowest BCUT2D eigenvalue weighted by atomic mass is 10.0. The third-order valence-electron chi connectivity index (χ3n) is 1.91. The fourth-order valence-electron chi connectivity index (χ4n) is 1.14. The van der Waals surface area contributed by atoms with Crippen LogP contribution in [-0.4, -0.2) is 5.11 Å². The molecular formula is C10H13ClFNO. The van der Waals surface area contributed by atoms with Crippen molar-refractivity contribution < 1.29 is 9.50 Å². The van der Waals surface area contributed by atoms with Crippen molar-refractivity contribution in [2.45, 2.75) is 13.0 Å². The zero-order valence-electron chi connectivity index (χ0n) is 7.83. The molecule has 0 aliphatic heterocycles. The first-order valence-corrected chi connectivity index (χ1v) is 3.93. The van der Waals surface area contributed by atoms with Crippen LogP contribution in [0.15, 0.2) is 24.8 Å². The second-order valence-electron chi connectivity index (χ2n) is 2.92. The predicted octanol–water partition coefficient (Wildman–Crippen LogP) is 2.45. The molecule has 2 nitrogen and oxygen atoms in total. The van der Waals surface area contributed by atoms with Crippen molar-refractivity contribution in [1.29, 1.82) is 0 Å². The number of rotatable bonds is 2.